The number of carbonyl (C=O) groups excluding carboxylic acids is 1. The molecule has 0 bridgehead atoms. The van der Waals surface area contributed by atoms with E-state index in [4.69, 9.17) is 4.74 Å². The van der Waals surface area contributed by atoms with E-state index in [1.54, 1.807) is 25.4 Å². The molecule has 6 nitrogen and oxygen atoms in total. The predicted octanol–water partition coefficient (Wildman–Crippen LogP) is 2.34. The summed E-state index contributed by atoms with van der Waals surface area (Å²) in [5, 5.41) is 6.04. The molecule has 2 aromatic rings. The van der Waals surface area contributed by atoms with Crippen molar-refractivity contribution in [2.45, 2.75) is 19.9 Å². The second kappa shape index (κ2) is 8.24. The Bertz CT molecular complexity index is 661. The average molecular weight is 314 g/mol. The third-order valence-corrected chi connectivity index (χ3v) is 3.19. The van der Waals surface area contributed by atoms with Crippen molar-refractivity contribution in [1.82, 2.24) is 15.3 Å². The first-order valence-electron chi connectivity index (χ1n) is 7.61. The van der Waals surface area contributed by atoms with Gasteiger partial charge in [0.2, 0.25) is 0 Å². The smallest absolute Gasteiger partial charge is 0.251 e. The van der Waals surface area contributed by atoms with Gasteiger partial charge in [-0.15, -0.1) is 0 Å². The molecule has 0 saturated heterocycles. The molecule has 2 rings (SSSR count). The van der Waals surface area contributed by atoms with Crippen molar-refractivity contribution in [3.8, 4) is 11.4 Å². The minimum Gasteiger partial charge on any atom is -0.383 e. The highest BCUT2D eigenvalue weighted by atomic mass is 16.5. The maximum atomic E-state index is 12.3. The Hall–Kier alpha value is -2.47. The first kappa shape index (κ1) is 16.9. The second-order valence-corrected chi connectivity index (χ2v) is 5.21. The van der Waals surface area contributed by atoms with Crippen LogP contribution in [0, 0.1) is 0 Å². The number of nitrogens with one attached hydrogen (secondary N) is 2. The van der Waals surface area contributed by atoms with Crippen LogP contribution in [0.5, 0.6) is 0 Å². The highest BCUT2D eigenvalue weighted by Gasteiger charge is 2.11. The van der Waals surface area contributed by atoms with Crippen LogP contribution in [0.25, 0.3) is 11.4 Å². The van der Waals surface area contributed by atoms with E-state index in [1.807, 2.05) is 32.0 Å². The summed E-state index contributed by atoms with van der Waals surface area (Å²) in [7, 11) is 1.61. The summed E-state index contributed by atoms with van der Waals surface area (Å²) < 4.78 is 5.03. The third kappa shape index (κ3) is 4.75. The van der Waals surface area contributed by atoms with Crippen LogP contribution >= 0.6 is 0 Å². The fourth-order valence-corrected chi connectivity index (χ4v) is 2.18. The van der Waals surface area contributed by atoms with Gasteiger partial charge in [0.25, 0.3) is 5.91 Å². The highest BCUT2D eigenvalue weighted by molar-refractivity contribution is 5.95. The van der Waals surface area contributed by atoms with Gasteiger partial charge in [0.15, 0.2) is 5.82 Å². The molecule has 2 N–H and O–H groups in total. The predicted molar refractivity (Wildman–Crippen MR) is 90.4 cm³/mol. The highest BCUT2D eigenvalue weighted by Crippen LogP contribution is 2.18. The molecule has 1 aromatic heterocycles. The Kier molecular flexibility index (Phi) is 6.05. The molecule has 1 aromatic carbocycles. The van der Waals surface area contributed by atoms with Gasteiger partial charge < -0.3 is 15.4 Å². The van der Waals surface area contributed by atoms with E-state index in [9.17, 15) is 4.79 Å². The molecule has 6 heteroatoms. The zero-order valence-electron chi connectivity index (χ0n) is 13.7. The first-order valence-corrected chi connectivity index (χ1v) is 7.61. The molecule has 0 fully saturated rings. The number of anilines is 1. The van der Waals surface area contributed by atoms with Gasteiger partial charge in [-0.05, 0) is 32.0 Å². The number of methoxy groups -OCH3 is 1. The minimum absolute atomic E-state index is 0.0514. The number of ether oxygens (including phenoxy) is 1. The zero-order valence-corrected chi connectivity index (χ0v) is 13.7. The van der Waals surface area contributed by atoms with Gasteiger partial charge in [0, 0.05) is 37.0 Å². The summed E-state index contributed by atoms with van der Waals surface area (Å²) in [6, 6.07) is 9.04. The van der Waals surface area contributed by atoms with Crippen LogP contribution in [0.3, 0.4) is 0 Å². The molecule has 0 aliphatic rings. The van der Waals surface area contributed by atoms with E-state index in [2.05, 4.69) is 20.6 Å². The van der Waals surface area contributed by atoms with E-state index in [-0.39, 0.29) is 11.9 Å². The molecule has 1 amide bonds. The van der Waals surface area contributed by atoms with Crippen LogP contribution < -0.4 is 10.6 Å². The van der Waals surface area contributed by atoms with Gasteiger partial charge in [-0.25, -0.2) is 9.97 Å². The fraction of sp³-hybridized carbons (Fsp3) is 0.353. The molecule has 23 heavy (non-hydrogen) atoms. The Morgan fingerprint density at radius 1 is 1.35 bits per heavy atom. The largest absolute Gasteiger partial charge is 0.383 e. The van der Waals surface area contributed by atoms with Crippen molar-refractivity contribution in [2.24, 2.45) is 0 Å². The van der Waals surface area contributed by atoms with E-state index in [1.165, 1.54) is 0 Å². The zero-order chi connectivity index (χ0) is 16.7. The van der Waals surface area contributed by atoms with E-state index >= 15 is 0 Å². The average Bonchev–Trinajstić information content (AvgIpc) is 2.56. The van der Waals surface area contributed by atoms with Crippen LogP contribution in [0.2, 0.25) is 0 Å². The van der Waals surface area contributed by atoms with Crippen LogP contribution in [-0.4, -0.2) is 42.2 Å². The van der Waals surface area contributed by atoms with Gasteiger partial charge in [0.1, 0.15) is 5.82 Å². The minimum atomic E-state index is -0.140. The van der Waals surface area contributed by atoms with E-state index in [0.29, 0.717) is 18.0 Å². The second-order valence-electron chi connectivity index (χ2n) is 5.21. The molecule has 122 valence electrons. The van der Waals surface area contributed by atoms with E-state index < -0.39 is 0 Å². The first-order chi connectivity index (χ1) is 11.1. The number of carbonyl (C=O) groups is 1. The van der Waals surface area contributed by atoms with Crippen LogP contribution in [-0.2, 0) is 4.74 Å². The third-order valence-electron chi connectivity index (χ3n) is 3.19. The Labute approximate surface area is 136 Å². The van der Waals surface area contributed by atoms with Gasteiger partial charge in [-0.2, -0.15) is 0 Å². The number of aromatic nitrogens is 2. The van der Waals surface area contributed by atoms with Crippen molar-refractivity contribution < 1.29 is 9.53 Å². The van der Waals surface area contributed by atoms with Gasteiger partial charge in [-0.1, -0.05) is 12.1 Å². The normalized spacial score (nSPS) is 11.8. The van der Waals surface area contributed by atoms with Gasteiger partial charge in [-0.3, -0.25) is 4.79 Å². The number of nitrogens with zero attached hydrogens (tertiary/aromatic N) is 2. The molecule has 0 spiro atoms. The number of rotatable bonds is 7. The van der Waals surface area contributed by atoms with Gasteiger partial charge >= 0.3 is 0 Å². The lowest BCUT2D eigenvalue weighted by Crippen LogP contribution is -2.35. The van der Waals surface area contributed by atoms with Crippen LogP contribution in [0.1, 0.15) is 24.2 Å². The van der Waals surface area contributed by atoms with Crippen LogP contribution in [0.4, 0.5) is 5.82 Å². The summed E-state index contributed by atoms with van der Waals surface area (Å²) >= 11 is 0. The lowest BCUT2D eigenvalue weighted by Gasteiger charge is -2.13. The number of hydrogen-bond donors (Lipinski definition) is 2. The molecular weight excluding hydrogens is 292 g/mol. The maximum Gasteiger partial charge on any atom is 0.251 e. The Balaban J connectivity index is 2.19. The van der Waals surface area contributed by atoms with Crippen LogP contribution in [0.15, 0.2) is 36.5 Å². The molecule has 0 aliphatic heterocycles. The van der Waals surface area contributed by atoms with Crippen molar-refractivity contribution in [1.29, 1.82) is 0 Å². The van der Waals surface area contributed by atoms with Crippen molar-refractivity contribution in [3.05, 3.63) is 42.1 Å². The Morgan fingerprint density at radius 3 is 2.91 bits per heavy atom. The molecule has 1 heterocycles. The summed E-state index contributed by atoms with van der Waals surface area (Å²) in [6.07, 6.45) is 1.70. The molecule has 0 saturated carbocycles. The number of hydrogen-bond acceptors (Lipinski definition) is 5. The monoisotopic (exact) mass is 314 g/mol. The van der Waals surface area contributed by atoms with Gasteiger partial charge in [0.05, 0.1) is 6.61 Å². The molecule has 1 unspecified atom stereocenters. The topological polar surface area (TPSA) is 76.1 Å². The number of benzene rings is 1. The Morgan fingerprint density at radius 2 is 2.17 bits per heavy atom. The summed E-state index contributed by atoms with van der Waals surface area (Å²) in [5.41, 5.74) is 1.37. The van der Waals surface area contributed by atoms with Crippen molar-refractivity contribution >= 4 is 11.7 Å². The van der Waals surface area contributed by atoms with E-state index in [0.717, 1.165) is 17.9 Å². The molecule has 1 atom stereocenters. The maximum absolute atomic E-state index is 12.3. The standard InChI is InChI=1S/C17H22N4O2/c1-4-18-15-8-9-19-16(21-15)13-6-5-7-14(10-13)17(22)20-12(2)11-23-3/h5-10,12H,4,11H2,1-3H3,(H,20,22)(H,18,19,21). The number of amides is 1. The quantitative estimate of drug-likeness (QED) is 0.820. The molecule has 0 aliphatic carbocycles. The molecule has 0 radical (unpaired) electrons. The lowest BCUT2D eigenvalue weighted by molar-refractivity contribution is 0.0905. The lowest BCUT2D eigenvalue weighted by atomic mass is 10.1. The summed E-state index contributed by atoms with van der Waals surface area (Å²) in [4.78, 5) is 21.0. The fourth-order valence-electron chi connectivity index (χ4n) is 2.18. The SMILES string of the molecule is CCNc1ccnc(-c2cccc(C(=O)NC(C)COC)c2)n1. The van der Waals surface area contributed by atoms with Crippen molar-refractivity contribution in [2.75, 3.05) is 25.6 Å². The molecular formula is C17H22N4O2. The van der Waals surface area contributed by atoms with Crippen molar-refractivity contribution in [3.63, 3.8) is 0 Å². The summed E-state index contributed by atoms with van der Waals surface area (Å²) in [6.45, 7) is 5.16. The summed E-state index contributed by atoms with van der Waals surface area (Å²) in [5.74, 6) is 1.21.